The van der Waals surface area contributed by atoms with Crippen LogP contribution in [0, 0.1) is 0 Å². The molecule has 1 aliphatic heterocycles. The summed E-state index contributed by atoms with van der Waals surface area (Å²) in [5.74, 6) is 0.334. The molecule has 0 spiro atoms. The zero-order valence-electron chi connectivity index (χ0n) is 11.2. The Hall–Kier alpha value is -0.770. The quantitative estimate of drug-likeness (QED) is 0.913. The zero-order chi connectivity index (χ0) is 13.3. The number of aromatic hydroxyl groups is 1. The molecule has 3 nitrogen and oxygen atoms in total. The Morgan fingerprint density at radius 2 is 2.17 bits per heavy atom. The minimum atomic E-state index is 0.202. The monoisotopic (exact) mass is 268 g/mol. The first-order chi connectivity index (χ1) is 8.49. The second-order valence-electron chi connectivity index (χ2n) is 5.28. The number of halogens is 1. The van der Waals surface area contributed by atoms with Crippen LogP contribution in [0.15, 0.2) is 18.2 Å². The molecule has 0 radical (unpaired) electrons. The number of phenolic OH excluding ortho intramolecular Hbond substituents is 1. The van der Waals surface area contributed by atoms with Crippen LogP contribution in [0.4, 0.5) is 0 Å². The van der Waals surface area contributed by atoms with Crippen LogP contribution >= 0.6 is 11.6 Å². The average Bonchev–Trinajstić information content (AvgIpc) is 2.81. The maximum Gasteiger partial charge on any atom is 0.120 e. The lowest BCUT2D eigenvalue weighted by Gasteiger charge is -2.26. The SMILES string of the molecule is CC(c1cc(Cl)ccc1O)N1CCC(N(C)C)C1. The summed E-state index contributed by atoms with van der Waals surface area (Å²) in [6.07, 6.45) is 1.18. The van der Waals surface area contributed by atoms with Crippen LogP contribution in [-0.4, -0.2) is 48.1 Å². The van der Waals surface area contributed by atoms with Crippen molar-refractivity contribution in [3.8, 4) is 5.75 Å². The van der Waals surface area contributed by atoms with Gasteiger partial charge in [-0.05, 0) is 45.6 Å². The standard InChI is InChI=1S/C14H21ClN2O/c1-10(13-8-11(15)4-5-14(13)18)17-7-6-12(9-17)16(2)3/h4-5,8,10,12,18H,6-7,9H2,1-3H3. The molecule has 1 heterocycles. The summed E-state index contributed by atoms with van der Waals surface area (Å²) in [4.78, 5) is 4.67. The van der Waals surface area contributed by atoms with Crippen molar-refractivity contribution in [2.24, 2.45) is 0 Å². The number of phenols is 1. The molecule has 0 saturated carbocycles. The number of hydrogen-bond acceptors (Lipinski definition) is 3. The van der Waals surface area contributed by atoms with E-state index in [1.807, 2.05) is 6.07 Å². The molecule has 1 aromatic rings. The van der Waals surface area contributed by atoms with Crippen molar-refractivity contribution < 1.29 is 5.11 Å². The molecule has 2 rings (SSSR count). The van der Waals surface area contributed by atoms with E-state index in [4.69, 9.17) is 11.6 Å². The normalized spacial score (nSPS) is 22.6. The molecule has 2 unspecified atom stereocenters. The van der Waals surface area contributed by atoms with Crippen LogP contribution in [0.25, 0.3) is 0 Å². The fourth-order valence-corrected chi connectivity index (χ4v) is 2.78. The summed E-state index contributed by atoms with van der Waals surface area (Å²) in [7, 11) is 4.24. The largest absolute Gasteiger partial charge is 0.508 e. The number of nitrogens with zero attached hydrogens (tertiary/aromatic N) is 2. The van der Waals surface area contributed by atoms with E-state index in [9.17, 15) is 5.11 Å². The Labute approximate surface area is 114 Å². The van der Waals surface area contributed by atoms with Gasteiger partial charge >= 0.3 is 0 Å². The number of benzene rings is 1. The van der Waals surface area contributed by atoms with E-state index in [1.54, 1.807) is 12.1 Å². The Morgan fingerprint density at radius 3 is 2.78 bits per heavy atom. The summed E-state index contributed by atoms with van der Waals surface area (Å²) in [6, 6.07) is 6.07. The third-order valence-electron chi connectivity index (χ3n) is 3.91. The predicted molar refractivity (Wildman–Crippen MR) is 75.2 cm³/mol. The van der Waals surface area contributed by atoms with Gasteiger partial charge in [0.15, 0.2) is 0 Å². The summed E-state index contributed by atoms with van der Waals surface area (Å²) in [5.41, 5.74) is 0.918. The van der Waals surface area contributed by atoms with Gasteiger partial charge in [0, 0.05) is 35.8 Å². The molecular formula is C14H21ClN2O. The summed E-state index contributed by atoms with van der Waals surface area (Å²) in [6.45, 7) is 4.24. The number of likely N-dealkylation sites (tertiary alicyclic amines) is 1. The van der Waals surface area contributed by atoms with Crippen LogP contribution in [0.3, 0.4) is 0 Å². The van der Waals surface area contributed by atoms with Crippen molar-refractivity contribution in [2.75, 3.05) is 27.2 Å². The van der Waals surface area contributed by atoms with Crippen molar-refractivity contribution in [1.82, 2.24) is 9.80 Å². The highest BCUT2D eigenvalue weighted by Crippen LogP contribution is 2.33. The van der Waals surface area contributed by atoms with Crippen LogP contribution in [0.5, 0.6) is 5.75 Å². The van der Waals surface area contributed by atoms with Crippen LogP contribution in [-0.2, 0) is 0 Å². The first kappa shape index (κ1) is 13.7. The van der Waals surface area contributed by atoms with Gasteiger partial charge in [-0.25, -0.2) is 0 Å². The van der Waals surface area contributed by atoms with Crippen LogP contribution in [0.2, 0.25) is 5.02 Å². The molecule has 0 amide bonds. The molecule has 1 aromatic carbocycles. The van der Waals surface area contributed by atoms with Crippen molar-refractivity contribution in [3.63, 3.8) is 0 Å². The van der Waals surface area contributed by atoms with Gasteiger partial charge in [0.05, 0.1) is 0 Å². The zero-order valence-corrected chi connectivity index (χ0v) is 12.0. The smallest absolute Gasteiger partial charge is 0.120 e. The molecular weight excluding hydrogens is 248 g/mol. The second kappa shape index (κ2) is 5.47. The van der Waals surface area contributed by atoms with Gasteiger partial charge in [0.25, 0.3) is 0 Å². The Kier molecular flexibility index (Phi) is 4.15. The third kappa shape index (κ3) is 2.79. The maximum atomic E-state index is 9.95. The van der Waals surface area contributed by atoms with Crippen molar-refractivity contribution in [1.29, 1.82) is 0 Å². The van der Waals surface area contributed by atoms with E-state index in [1.165, 1.54) is 6.42 Å². The van der Waals surface area contributed by atoms with Crippen molar-refractivity contribution in [3.05, 3.63) is 28.8 Å². The molecule has 18 heavy (non-hydrogen) atoms. The van der Waals surface area contributed by atoms with Gasteiger partial charge in [-0.3, -0.25) is 4.90 Å². The van der Waals surface area contributed by atoms with E-state index < -0.39 is 0 Å². The lowest BCUT2D eigenvalue weighted by molar-refractivity contribution is 0.225. The maximum absolute atomic E-state index is 9.95. The van der Waals surface area contributed by atoms with E-state index >= 15 is 0 Å². The first-order valence-corrected chi connectivity index (χ1v) is 6.75. The highest BCUT2D eigenvalue weighted by atomic mass is 35.5. The number of hydrogen-bond donors (Lipinski definition) is 1. The molecule has 1 aliphatic rings. The minimum Gasteiger partial charge on any atom is -0.508 e. The van der Waals surface area contributed by atoms with Gasteiger partial charge in [-0.1, -0.05) is 11.6 Å². The first-order valence-electron chi connectivity index (χ1n) is 6.38. The third-order valence-corrected chi connectivity index (χ3v) is 4.15. The van der Waals surface area contributed by atoms with Crippen molar-refractivity contribution >= 4 is 11.6 Å². The summed E-state index contributed by atoms with van der Waals surface area (Å²) in [5, 5.41) is 10.6. The summed E-state index contributed by atoms with van der Waals surface area (Å²) >= 11 is 6.01. The topological polar surface area (TPSA) is 26.7 Å². The Balaban J connectivity index is 2.12. The molecule has 2 atom stereocenters. The number of rotatable bonds is 3. The second-order valence-corrected chi connectivity index (χ2v) is 5.72. The Bertz CT molecular complexity index is 422. The molecule has 100 valence electrons. The fraction of sp³-hybridized carbons (Fsp3) is 0.571. The predicted octanol–water partition coefficient (Wildman–Crippen LogP) is 2.74. The molecule has 0 bridgehead atoms. The molecule has 1 fully saturated rings. The number of likely N-dealkylation sites (N-methyl/N-ethyl adjacent to an activating group) is 1. The highest BCUT2D eigenvalue weighted by Gasteiger charge is 2.28. The molecule has 0 aliphatic carbocycles. The van der Waals surface area contributed by atoms with Gasteiger partial charge in [-0.2, -0.15) is 0 Å². The highest BCUT2D eigenvalue weighted by molar-refractivity contribution is 6.30. The molecule has 0 aromatic heterocycles. The molecule has 1 saturated heterocycles. The molecule has 4 heteroatoms. The van der Waals surface area contributed by atoms with Crippen LogP contribution in [0.1, 0.15) is 24.9 Å². The van der Waals surface area contributed by atoms with Gasteiger partial charge in [0.2, 0.25) is 0 Å². The average molecular weight is 269 g/mol. The lowest BCUT2D eigenvalue weighted by Crippen LogP contribution is -2.32. The minimum absolute atomic E-state index is 0.202. The van der Waals surface area contributed by atoms with E-state index in [2.05, 4.69) is 30.8 Å². The van der Waals surface area contributed by atoms with Gasteiger partial charge in [-0.15, -0.1) is 0 Å². The van der Waals surface area contributed by atoms with Crippen LogP contribution < -0.4 is 0 Å². The van der Waals surface area contributed by atoms with Gasteiger partial charge in [0.1, 0.15) is 5.75 Å². The fourth-order valence-electron chi connectivity index (χ4n) is 2.60. The summed E-state index contributed by atoms with van der Waals surface area (Å²) < 4.78 is 0. The molecule has 1 N–H and O–H groups in total. The van der Waals surface area contributed by atoms with Gasteiger partial charge < -0.3 is 10.0 Å². The lowest BCUT2D eigenvalue weighted by atomic mass is 10.1. The van der Waals surface area contributed by atoms with E-state index in [0.29, 0.717) is 16.8 Å². The Morgan fingerprint density at radius 1 is 1.44 bits per heavy atom. The van der Waals surface area contributed by atoms with E-state index in [0.717, 1.165) is 18.7 Å². The van der Waals surface area contributed by atoms with Crippen molar-refractivity contribution in [2.45, 2.75) is 25.4 Å². The van der Waals surface area contributed by atoms with E-state index in [-0.39, 0.29) is 6.04 Å².